The predicted molar refractivity (Wildman–Crippen MR) is 73.2 cm³/mol. The zero-order valence-corrected chi connectivity index (χ0v) is 11.5. The van der Waals surface area contributed by atoms with Crippen molar-refractivity contribution >= 4 is 27.6 Å². The lowest BCUT2D eigenvalue weighted by atomic mass is 10.1. The smallest absolute Gasteiger partial charge is 0.337 e. The number of carbonyl (C=O) groups is 1. The topological polar surface area (TPSA) is 122 Å². The molecule has 0 fully saturated rings. The highest BCUT2D eigenvalue weighted by Gasteiger charge is 2.16. The summed E-state index contributed by atoms with van der Waals surface area (Å²) in [6.07, 6.45) is 0. The van der Waals surface area contributed by atoms with E-state index in [2.05, 4.69) is 9.44 Å². The normalized spacial score (nSPS) is 11.5. The molecule has 19 heavy (non-hydrogen) atoms. The summed E-state index contributed by atoms with van der Waals surface area (Å²) in [6.45, 7) is 3.97. The second-order valence-electron chi connectivity index (χ2n) is 4.46. The average Bonchev–Trinajstić information content (AvgIpc) is 2.28. The molecule has 0 atom stereocenters. The molecule has 0 saturated carbocycles. The minimum Gasteiger partial charge on any atom is -0.478 e. The molecule has 8 heteroatoms. The number of nitrogens with two attached hydrogens (primary N) is 1. The summed E-state index contributed by atoms with van der Waals surface area (Å²) >= 11 is 0. The Hall–Kier alpha value is -1.80. The van der Waals surface area contributed by atoms with Crippen molar-refractivity contribution in [1.29, 1.82) is 0 Å². The van der Waals surface area contributed by atoms with E-state index >= 15 is 0 Å². The van der Waals surface area contributed by atoms with Crippen LogP contribution in [0.3, 0.4) is 0 Å². The second kappa shape index (κ2) is 5.89. The zero-order valence-electron chi connectivity index (χ0n) is 10.7. The van der Waals surface area contributed by atoms with Crippen molar-refractivity contribution in [3.8, 4) is 0 Å². The highest BCUT2D eigenvalue weighted by molar-refractivity contribution is 7.90. The van der Waals surface area contributed by atoms with Crippen LogP contribution in [-0.2, 0) is 10.2 Å². The van der Waals surface area contributed by atoms with Gasteiger partial charge < -0.3 is 10.8 Å². The van der Waals surface area contributed by atoms with E-state index in [1.54, 1.807) is 0 Å². The van der Waals surface area contributed by atoms with Gasteiger partial charge in [-0.2, -0.15) is 13.1 Å². The molecule has 0 heterocycles. The van der Waals surface area contributed by atoms with Crippen LogP contribution in [0.15, 0.2) is 18.2 Å². The molecule has 0 saturated heterocycles. The lowest BCUT2D eigenvalue weighted by Gasteiger charge is -2.13. The van der Waals surface area contributed by atoms with Crippen molar-refractivity contribution in [2.75, 3.05) is 17.0 Å². The number of hydrogen-bond donors (Lipinski definition) is 4. The van der Waals surface area contributed by atoms with Crippen molar-refractivity contribution in [3.63, 3.8) is 0 Å². The van der Waals surface area contributed by atoms with Gasteiger partial charge in [-0.3, -0.25) is 4.72 Å². The largest absolute Gasteiger partial charge is 0.478 e. The average molecular weight is 287 g/mol. The maximum Gasteiger partial charge on any atom is 0.337 e. The molecule has 0 amide bonds. The van der Waals surface area contributed by atoms with Crippen LogP contribution in [-0.4, -0.2) is 26.0 Å². The summed E-state index contributed by atoms with van der Waals surface area (Å²) in [5.74, 6) is -1.12. The molecule has 0 aromatic heterocycles. The first-order valence-corrected chi connectivity index (χ1v) is 7.10. The summed E-state index contributed by atoms with van der Waals surface area (Å²) < 4.78 is 27.9. The standard InChI is InChI=1S/C11H17N3O4S/c1-7(2)6-13-19(17,18)14-10-4-3-8(12)5-9(10)11(15)16/h3-5,7,13-14H,6,12H2,1-2H3,(H,15,16). The summed E-state index contributed by atoms with van der Waals surface area (Å²) in [7, 11) is -3.80. The predicted octanol–water partition coefficient (Wildman–Crippen LogP) is 0.869. The maximum atomic E-state index is 11.7. The van der Waals surface area contributed by atoms with Gasteiger partial charge in [-0.15, -0.1) is 0 Å². The fraction of sp³-hybridized carbons (Fsp3) is 0.364. The number of anilines is 2. The minimum atomic E-state index is -3.80. The van der Waals surface area contributed by atoms with Crippen LogP contribution < -0.4 is 15.2 Å². The van der Waals surface area contributed by atoms with Gasteiger partial charge in [0.15, 0.2) is 0 Å². The molecule has 7 nitrogen and oxygen atoms in total. The number of aromatic carboxylic acids is 1. The van der Waals surface area contributed by atoms with Crippen LogP contribution in [0.4, 0.5) is 11.4 Å². The summed E-state index contributed by atoms with van der Waals surface area (Å²) in [4.78, 5) is 11.0. The van der Waals surface area contributed by atoms with E-state index in [1.165, 1.54) is 18.2 Å². The molecule has 0 unspecified atom stereocenters. The molecule has 0 radical (unpaired) electrons. The van der Waals surface area contributed by atoms with E-state index in [0.29, 0.717) is 0 Å². The quantitative estimate of drug-likeness (QED) is 0.578. The monoisotopic (exact) mass is 287 g/mol. The first-order chi connectivity index (χ1) is 8.71. The Balaban J connectivity index is 2.96. The number of rotatable bonds is 6. The van der Waals surface area contributed by atoms with Crippen LogP contribution in [0.25, 0.3) is 0 Å². The molecule has 5 N–H and O–H groups in total. The third kappa shape index (κ3) is 4.76. The number of carboxylic acids is 1. The fourth-order valence-electron chi connectivity index (χ4n) is 1.29. The van der Waals surface area contributed by atoms with Crippen LogP contribution in [0.2, 0.25) is 0 Å². The van der Waals surface area contributed by atoms with E-state index in [-0.39, 0.29) is 29.4 Å². The van der Waals surface area contributed by atoms with E-state index in [9.17, 15) is 13.2 Å². The van der Waals surface area contributed by atoms with Gasteiger partial charge in [0.05, 0.1) is 11.3 Å². The van der Waals surface area contributed by atoms with Crippen molar-refractivity contribution in [3.05, 3.63) is 23.8 Å². The Bertz CT molecular complexity index is 569. The van der Waals surface area contributed by atoms with E-state index in [1.807, 2.05) is 13.8 Å². The van der Waals surface area contributed by atoms with Crippen molar-refractivity contribution in [2.45, 2.75) is 13.8 Å². The summed E-state index contributed by atoms with van der Waals surface area (Å²) in [5, 5.41) is 8.99. The van der Waals surface area contributed by atoms with Gasteiger partial charge in [-0.05, 0) is 24.1 Å². The maximum absolute atomic E-state index is 11.7. The number of benzene rings is 1. The summed E-state index contributed by atoms with van der Waals surface area (Å²) in [6, 6.07) is 3.93. The molecule has 0 aliphatic carbocycles. The lowest BCUT2D eigenvalue weighted by molar-refractivity contribution is 0.0698. The van der Waals surface area contributed by atoms with Crippen molar-refractivity contribution in [2.24, 2.45) is 5.92 Å². The molecular weight excluding hydrogens is 270 g/mol. The van der Waals surface area contributed by atoms with E-state index in [0.717, 1.165) is 0 Å². The third-order valence-electron chi connectivity index (χ3n) is 2.20. The van der Waals surface area contributed by atoms with E-state index in [4.69, 9.17) is 10.8 Å². The minimum absolute atomic E-state index is 0.0297. The highest BCUT2D eigenvalue weighted by atomic mass is 32.2. The highest BCUT2D eigenvalue weighted by Crippen LogP contribution is 2.19. The van der Waals surface area contributed by atoms with Gasteiger partial charge in [0.2, 0.25) is 0 Å². The molecule has 106 valence electrons. The van der Waals surface area contributed by atoms with E-state index < -0.39 is 16.2 Å². The van der Waals surface area contributed by atoms with Gasteiger partial charge in [-0.25, -0.2) is 4.79 Å². The Labute approximate surface area is 112 Å². The van der Waals surface area contributed by atoms with Gasteiger partial charge in [-0.1, -0.05) is 13.8 Å². The molecule has 1 aromatic rings. The summed E-state index contributed by atoms with van der Waals surface area (Å²) in [5.41, 5.74) is 5.49. The molecule has 1 aromatic carbocycles. The first-order valence-electron chi connectivity index (χ1n) is 5.61. The molecule has 0 bridgehead atoms. The van der Waals surface area contributed by atoms with Gasteiger partial charge in [0, 0.05) is 12.2 Å². The Morgan fingerprint density at radius 3 is 2.58 bits per heavy atom. The Kier molecular flexibility index (Phi) is 4.73. The SMILES string of the molecule is CC(C)CNS(=O)(=O)Nc1ccc(N)cc1C(=O)O. The number of nitrogen functional groups attached to an aromatic ring is 1. The van der Waals surface area contributed by atoms with Gasteiger partial charge in [0.1, 0.15) is 0 Å². The molecule has 0 spiro atoms. The number of carboxylic acid groups (broad SMARTS) is 1. The third-order valence-corrected chi connectivity index (χ3v) is 3.24. The van der Waals surface area contributed by atoms with Crippen LogP contribution in [0, 0.1) is 5.92 Å². The first kappa shape index (κ1) is 15.3. The van der Waals surface area contributed by atoms with Crippen molar-refractivity contribution < 1.29 is 18.3 Å². The zero-order chi connectivity index (χ0) is 14.6. The molecular formula is C11H17N3O4S. The lowest BCUT2D eigenvalue weighted by Crippen LogP contribution is -2.33. The molecule has 0 aliphatic rings. The van der Waals surface area contributed by atoms with Crippen LogP contribution in [0.5, 0.6) is 0 Å². The number of nitrogens with one attached hydrogen (secondary N) is 2. The van der Waals surface area contributed by atoms with Crippen molar-refractivity contribution in [1.82, 2.24) is 4.72 Å². The fourth-order valence-corrected chi connectivity index (χ4v) is 2.38. The second-order valence-corrected chi connectivity index (χ2v) is 5.96. The Morgan fingerprint density at radius 2 is 2.05 bits per heavy atom. The van der Waals surface area contributed by atoms with Gasteiger partial charge >= 0.3 is 5.97 Å². The van der Waals surface area contributed by atoms with Crippen LogP contribution >= 0.6 is 0 Å². The van der Waals surface area contributed by atoms with Gasteiger partial charge in [0.25, 0.3) is 10.2 Å². The molecule has 1 rings (SSSR count). The van der Waals surface area contributed by atoms with Crippen LogP contribution in [0.1, 0.15) is 24.2 Å². The molecule has 0 aliphatic heterocycles. The number of hydrogen-bond acceptors (Lipinski definition) is 4. The Morgan fingerprint density at radius 1 is 1.42 bits per heavy atom.